The van der Waals surface area contributed by atoms with Gasteiger partial charge in [-0.25, -0.2) is 16.8 Å². The Morgan fingerprint density at radius 2 is 1.50 bits per heavy atom. The molecule has 1 N–H and O–H groups in total. The summed E-state index contributed by atoms with van der Waals surface area (Å²) < 4.78 is 80.2. The van der Waals surface area contributed by atoms with Gasteiger partial charge in [-0.3, -0.25) is 0 Å². The van der Waals surface area contributed by atoms with Crippen LogP contribution in [0, 0.1) is 0 Å². The van der Waals surface area contributed by atoms with Crippen LogP contribution in [-0.4, -0.2) is 41.2 Å². The van der Waals surface area contributed by atoms with E-state index in [2.05, 4.69) is 0 Å². The summed E-state index contributed by atoms with van der Waals surface area (Å²) in [4.78, 5) is 0. The summed E-state index contributed by atoms with van der Waals surface area (Å²) in [5.41, 5.74) is -5.31. The van der Waals surface area contributed by atoms with E-state index in [1.54, 1.807) is 18.2 Å². The molecule has 0 unspecified atom stereocenters. The van der Waals surface area contributed by atoms with Gasteiger partial charge in [0.2, 0.25) is 10.0 Å². The van der Waals surface area contributed by atoms with E-state index in [1.807, 2.05) is 0 Å². The zero-order valence-corrected chi connectivity index (χ0v) is 10.8. The van der Waals surface area contributed by atoms with Crippen LogP contribution in [0.15, 0.2) is 35.7 Å². The van der Waals surface area contributed by atoms with Gasteiger partial charge in [-0.15, -0.1) is 0 Å². The fraction of sp³-hybridized carbons (Fsp3) is 0.111. The van der Waals surface area contributed by atoms with Crippen LogP contribution in [-0.2, 0) is 20.0 Å². The minimum absolute atomic E-state index is 0. The molecule has 0 radical (unpaired) electrons. The standard InChI is InChI=1S/C9H8F3NO4S2.Li.H/c10-9(11,12)19(16,17)13-18(14,15)7-6-8-4-2-1-3-5-8;;/h1-7,13H;;. The van der Waals surface area contributed by atoms with E-state index >= 15 is 0 Å². The number of hydrogen-bond donors (Lipinski definition) is 1. The molecule has 108 valence electrons. The third-order valence-electron chi connectivity index (χ3n) is 1.77. The molecule has 0 aliphatic heterocycles. The summed E-state index contributed by atoms with van der Waals surface area (Å²) in [6, 6.07) is 7.78. The van der Waals surface area contributed by atoms with Crippen molar-refractivity contribution in [2.45, 2.75) is 5.51 Å². The van der Waals surface area contributed by atoms with Crippen LogP contribution in [0.3, 0.4) is 0 Å². The molecule has 0 fully saturated rings. The third kappa shape index (κ3) is 5.68. The van der Waals surface area contributed by atoms with Crippen LogP contribution in [0.4, 0.5) is 13.2 Å². The SMILES string of the molecule is O=S(=O)(C=Cc1ccccc1)NS(=O)(=O)C(F)(F)F.[LiH]. The van der Waals surface area contributed by atoms with Crippen molar-refractivity contribution < 1.29 is 30.0 Å². The number of sulfonamides is 2. The zero-order chi connectivity index (χ0) is 14.7. The summed E-state index contributed by atoms with van der Waals surface area (Å²) in [5, 5.41) is 0.339. The molecule has 0 aromatic heterocycles. The fourth-order valence-corrected chi connectivity index (χ4v) is 3.12. The Kier molecular flexibility index (Phi) is 6.51. The van der Waals surface area contributed by atoms with Crippen LogP contribution in [0.25, 0.3) is 6.08 Å². The first-order valence-electron chi connectivity index (χ1n) is 4.61. The van der Waals surface area contributed by atoms with Crippen LogP contribution in [0.5, 0.6) is 0 Å². The summed E-state index contributed by atoms with van der Waals surface area (Å²) in [6.07, 6.45) is 0.966. The Hall–Kier alpha value is -0.793. The summed E-state index contributed by atoms with van der Waals surface area (Å²) in [5.74, 6) is 0. The first kappa shape index (κ1) is 19.2. The van der Waals surface area contributed by atoms with E-state index in [-0.39, 0.29) is 18.9 Å². The molecule has 11 heteroatoms. The molecule has 20 heavy (non-hydrogen) atoms. The Labute approximate surface area is 126 Å². The molecule has 0 aliphatic carbocycles. The summed E-state index contributed by atoms with van der Waals surface area (Å²) in [6.45, 7) is 0. The zero-order valence-electron chi connectivity index (χ0n) is 9.12. The first-order chi connectivity index (χ1) is 8.54. The monoisotopic (exact) mass is 323 g/mol. The van der Waals surface area contributed by atoms with Crippen molar-refractivity contribution in [2.75, 3.05) is 0 Å². The van der Waals surface area contributed by atoms with Gasteiger partial charge in [-0.1, -0.05) is 34.5 Å². The average Bonchev–Trinajstić information content (AvgIpc) is 2.25. The molecule has 0 atom stereocenters. The Morgan fingerprint density at radius 1 is 1.00 bits per heavy atom. The Bertz CT molecular complexity index is 669. The van der Waals surface area contributed by atoms with Crippen molar-refractivity contribution in [2.24, 2.45) is 0 Å². The van der Waals surface area contributed by atoms with Gasteiger partial charge in [0.05, 0.1) is 0 Å². The molecule has 5 nitrogen and oxygen atoms in total. The number of halogens is 3. The van der Waals surface area contributed by atoms with Gasteiger partial charge < -0.3 is 0 Å². The van der Waals surface area contributed by atoms with Gasteiger partial charge in [-0.2, -0.15) is 13.2 Å². The minimum atomic E-state index is -5.95. The molecule has 0 amide bonds. The van der Waals surface area contributed by atoms with E-state index in [9.17, 15) is 30.0 Å². The maximum absolute atomic E-state index is 12.0. The van der Waals surface area contributed by atoms with Crippen LogP contribution >= 0.6 is 0 Å². The topological polar surface area (TPSA) is 80.3 Å². The van der Waals surface area contributed by atoms with Crippen molar-refractivity contribution in [1.29, 1.82) is 0 Å². The quantitative estimate of drug-likeness (QED) is 0.830. The second-order valence-electron chi connectivity index (χ2n) is 3.29. The molecular weight excluding hydrogens is 314 g/mol. The molecule has 0 spiro atoms. The van der Waals surface area contributed by atoms with Crippen molar-refractivity contribution in [3.63, 3.8) is 0 Å². The first-order valence-corrected chi connectivity index (χ1v) is 7.64. The molecular formula is C9H9F3LiNO4S2. The van der Waals surface area contributed by atoms with Gasteiger partial charge in [0.25, 0.3) is 0 Å². The third-order valence-corrected chi connectivity index (χ3v) is 4.68. The fourth-order valence-electron chi connectivity index (χ4n) is 0.960. The molecule has 0 heterocycles. The molecule has 0 bridgehead atoms. The predicted molar refractivity (Wildman–Crippen MR) is 69.7 cm³/mol. The van der Waals surface area contributed by atoms with Gasteiger partial charge in [-0.05, 0) is 11.6 Å². The average molecular weight is 323 g/mol. The molecule has 0 aliphatic rings. The van der Waals surface area contributed by atoms with Crippen molar-refractivity contribution in [3.05, 3.63) is 41.3 Å². The second-order valence-corrected chi connectivity index (χ2v) is 6.79. The van der Waals surface area contributed by atoms with Gasteiger partial charge in [0.1, 0.15) is 0 Å². The van der Waals surface area contributed by atoms with Crippen molar-refractivity contribution in [1.82, 2.24) is 4.13 Å². The number of benzene rings is 1. The normalized spacial score (nSPS) is 13.2. The molecule has 1 aromatic carbocycles. The number of hydrogen-bond acceptors (Lipinski definition) is 4. The van der Waals surface area contributed by atoms with E-state index in [0.29, 0.717) is 15.1 Å². The molecule has 0 saturated heterocycles. The van der Waals surface area contributed by atoms with Crippen molar-refractivity contribution in [3.8, 4) is 0 Å². The predicted octanol–water partition coefficient (Wildman–Crippen LogP) is 0.778. The van der Waals surface area contributed by atoms with E-state index in [1.165, 1.54) is 12.1 Å². The van der Waals surface area contributed by atoms with Crippen molar-refractivity contribution >= 4 is 45.0 Å². The van der Waals surface area contributed by atoms with Gasteiger partial charge in [0.15, 0.2) is 0 Å². The molecule has 1 rings (SSSR count). The van der Waals surface area contributed by atoms with E-state index in [4.69, 9.17) is 0 Å². The molecule has 1 aromatic rings. The van der Waals surface area contributed by atoms with Gasteiger partial charge in [0, 0.05) is 5.41 Å². The second kappa shape index (κ2) is 6.78. The summed E-state index contributed by atoms with van der Waals surface area (Å²) >= 11 is 0. The number of alkyl halides is 3. The van der Waals surface area contributed by atoms with Gasteiger partial charge >= 0.3 is 34.4 Å². The summed E-state index contributed by atoms with van der Waals surface area (Å²) in [7, 11) is -10.7. The Balaban J connectivity index is 0.00000361. The van der Waals surface area contributed by atoms with Crippen LogP contribution in [0.1, 0.15) is 5.56 Å². The Morgan fingerprint density at radius 3 is 1.95 bits per heavy atom. The molecule has 0 saturated carbocycles. The maximum atomic E-state index is 12.0. The van der Waals surface area contributed by atoms with Crippen LogP contribution < -0.4 is 4.13 Å². The van der Waals surface area contributed by atoms with E-state index < -0.39 is 25.6 Å². The van der Waals surface area contributed by atoms with Crippen LogP contribution in [0.2, 0.25) is 0 Å². The number of rotatable bonds is 4. The van der Waals surface area contributed by atoms with E-state index in [0.717, 1.165) is 6.08 Å². The number of nitrogens with one attached hydrogen (secondary N) is 1.